The first-order valence-electron chi connectivity index (χ1n) is 13.3. The number of ether oxygens (including phenoxy) is 1. The summed E-state index contributed by atoms with van der Waals surface area (Å²) in [7, 11) is 0. The van der Waals surface area contributed by atoms with Gasteiger partial charge in [-0.2, -0.15) is 0 Å². The van der Waals surface area contributed by atoms with E-state index in [9.17, 15) is 9.90 Å². The SMILES string of the molecule is CC1=CC(C[C@@H](C)[C@H]2CC[C@@]3(C)C4=CCC5C(C)(C)[C@H](O)CC[C@]5(C)C4=CC[C@]23C)OC1=O. The number of aliphatic hydroxyl groups excluding tert-OH is 1. The summed E-state index contributed by atoms with van der Waals surface area (Å²) < 4.78 is 5.61. The third-order valence-electron chi connectivity index (χ3n) is 11.6. The molecule has 0 bridgehead atoms. The summed E-state index contributed by atoms with van der Waals surface area (Å²) in [5.41, 5.74) is 4.54. The molecule has 2 unspecified atom stereocenters. The Morgan fingerprint density at radius 3 is 2.48 bits per heavy atom. The van der Waals surface area contributed by atoms with Gasteiger partial charge in [0.05, 0.1) is 6.10 Å². The number of aliphatic hydroxyl groups is 1. The van der Waals surface area contributed by atoms with Crippen LogP contribution in [0.5, 0.6) is 0 Å². The van der Waals surface area contributed by atoms with Crippen molar-refractivity contribution in [2.75, 3.05) is 0 Å². The van der Waals surface area contributed by atoms with Crippen LogP contribution in [0.1, 0.15) is 93.4 Å². The Labute approximate surface area is 200 Å². The van der Waals surface area contributed by atoms with Crippen molar-refractivity contribution in [2.45, 2.75) is 106 Å². The van der Waals surface area contributed by atoms with Gasteiger partial charge in [0.15, 0.2) is 0 Å². The summed E-state index contributed by atoms with van der Waals surface area (Å²) in [5.74, 6) is 1.50. The van der Waals surface area contributed by atoms with Gasteiger partial charge >= 0.3 is 5.97 Å². The van der Waals surface area contributed by atoms with Crippen LogP contribution in [0.2, 0.25) is 0 Å². The molecule has 5 aliphatic rings. The summed E-state index contributed by atoms with van der Waals surface area (Å²) in [6.07, 6.45) is 14.6. The number of carbonyl (C=O) groups excluding carboxylic acids is 1. The molecule has 0 aromatic heterocycles. The second kappa shape index (κ2) is 7.33. The second-order valence-corrected chi connectivity index (χ2v) is 13.4. The minimum absolute atomic E-state index is 0.0470. The van der Waals surface area contributed by atoms with E-state index in [0.29, 0.717) is 17.8 Å². The summed E-state index contributed by atoms with van der Waals surface area (Å²) in [4.78, 5) is 11.9. The first kappa shape index (κ1) is 23.4. The van der Waals surface area contributed by atoms with Gasteiger partial charge in [0, 0.05) is 5.57 Å². The third-order valence-corrected chi connectivity index (χ3v) is 11.6. The van der Waals surface area contributed by atoms with E-state index in [1.165, 1.54) is 12.8 Å². The Kier molecular flexibility index (Phi) is 5.19. The minimum Gasteiger partial charge on any atom is -0.455 e. The van der Waals surface area contributed by atoms with E-state index in [4.69, 9.17) is 4.74 Å². The predicted octanol–water partition coefficient (Wildman–Crippen LogP) is 6.77. The maximum atomic E-state index is 11.9. The largest absolute Gasteiger partial charge is 0.455 e. The van der Waals surface area contributed by atoms with Crippen molar-refractivity contribution in [3.8, 4) is 0 Å². The van der Waals surface area contributed by atoms with E-state index in [-0.39, 0.29) is 39.8 Å². The summed E-state index contributed by atoms with van der Waals surface area (Å²) in [6.45, 7) is 16.4. The Hall–Kier alpha value is -1.35. The molecule has 182 valence electrons. The molecule has 4 aliphatic carbocycles. The highest BCUT2D eigenvalue weighted by atomic mass is 16.5. The van der Waals surface area contributed by atoms with Crippen LogP contribution in [0.15, 0.2) is 34.9 Å². The van der Waals surface area contributed by atoms with E-state index in [0.717, 1.165) is 37.7 Å². The van der Waals surface area contributed by atoms with Gasteiger partial charge in [0.2, 0.25) is 0 Å². The lowest BCUT2D eigenvalue weighted by Gasteiger charge is -2.61. The molecular formula is C30H44O3. The average molecular weight is 453 g/mol. The smallest absolute Gasteiger partial charge is 0.334 e. The first-order valence-corrected chi connectivity index (χ1v) is 13.3. The Bertz CT molecular complexity index is 954. The molecule has 5 rings (SSSR count). The molecule has 0 aromatic carbocycles. The number of cyclic esters (lactones) is 1. The molecule has 0 saturated heterocycles. The van der Waals surface area contributed by atoms with Crippen LogP contribution in [0, 0.1) is 39.4 Å². The van der Waals surface area contributed by atoms with E-state index < -0.39 is 0 Å². The van der Waals surface area contributed by atoms with E-state index >= 15 is 0 Å². The molecule has 1 aliphatic heterocycles. The van der Waals surface area contributed by atoms with Gasteiger partial charge in [-0.1, -0.05) is 53.7 Å². The van der Waals surface area contributed by atoms with Crippen LogP contribution < -0.4 is 0 Å². The summed E-state index contributed by atoms with van der Waals surface area (Å²) >= 11 is 0. The van der Waals surface area contributed by atoms with Crippen molar-refractivity contribution < 1.29 is 14.6 Å². The van der Waals surface area contributed by atoms with Crippen molar-refractivity contribution in [1.82, 2.24) is 0 Å². The number of fused-ring (bicyclic) bond motifs is 5. The van der Waals surface area contributed by atoms with Gasteiger partial charge in [-0.05, 0) is 109 Å². The molecular weight excluding hydrogens is 408 g/mol. The van der Waals surface area contributed by atoms with Crippen molar-refractivity contribution >= 4 is 5.97 Å². The van der Waals surface area contributed by atoms with Gasteiger partial charge in [0.1, 0.15) is 6.10 Å². The lowest BCUT2D eigenvalue weighted by Crippen LogP contribution is -2.54. The molecule has 1 heterocycles. The van der Waals surface area contributed by atoms with Gasteiger partial charge in [-0.3, -0.25) is 0 Å². The third kappa shape index (κ3) is 3.06. The normalized spacial score (nSPS) is 46.9. The maximum Gasteiger partial charge on any atom is 0.334 e. The molecule has 2 fully saturated rings. The molecule has 0 radical (unpaired) electrons. The zero-order valence-electron chi connectivity index (χ0n) is 21.8. The average Bonchev–Trinajstić information content (AvgIpc) is 3.20. The Morgan fingerprint density at radius 1 is 1.09 bits per heavy atom. The van der Waals surface area contributed by atoms with Gasteiger partial charge in [-0.25, -0.2) is 4.79 Å². The van der Waals surface area contributed by atoms with Crippen molar-refractivity contribution in [2.24, 2.45) is 39.4 Å². The van der Waals surface area contributed by atoms with Crippen molar-refractivity contribution in [3.05, 3.63) is 34.9 Å². The zero-order chi connectivity index (χ0) is 24.0. The monoisotopic (exact) mass is 452 g/mol. The van der Waals surface area contributed by atoms with Crippen LogP contribution >= 0.6 is 0 Å². The quantitative estimate of drug-likeness (QED) is 0.481. The minimum atomic E-state index is -0.199. The molecule has 3 heteroatoms. The van der Waals surface area contributed by atoms with Crippen LogP contribution in [-0.2, 0) is 9.53 Å². The summed E-state index contributed by atoms with van der Waals surface area (Å²) in [6, 6.07) is 0. The van der Waals surface area contributed by atoms with Gasteiger partial charge in [-0.15, -0.1) is 0 Å². The Morgan fingerprint density at radius 2 is 1.82 bits per heavy atom. The fourth-order valence-corrected chi connectivity index (χ4v) is 9.20. The molecule has 0 spiro atoms. The fraction of sp³-hybridized carbons (Fsp3) is 0.767. The van der Waals surface area contributed by atoms with Crippen LogP contribution in [0.3, 0.4) is 0 Å². The van der Waals surface area contributed by atoms with E-state index in [1.54, 1.807) is 11.1 Å². The van der Waals surface area contributed by atoms with Crippen LogP contribution in [0.4, 0.5) is 0 Å². The predicted molar refractivity (Wildman–Crippen MR) is 132 cm³/mol. The molecule has 0 amide bonds. The highest BCUT2D eigenvalue weighted by Crippen LogP contribution is 2.71. The van der Waals surface area contributed by atoms with E-state index in [2.05, 4.69) is 53.7 Å². The number of allylic oxidation sites excluding steroid dienone is 4. The molecule has 3 nitrogen and oxygen atoms in total. The second-order valence-electron chi connectivity index (χ2n) is 13.4. The number of rotatable bonds is 3. The molecule has 8 atom stereocenters. The zero-order valence-corrected chi connectivity index (χ0v) is 21.8. The number of esters is 1. The Balaban J connectivity index is 1.45. The van der Waals surface area contributed by atoms with Crippen LogP contribution in [-0.4, -0.2) is 23.3 Å². The highest BCUT2D eigenvalue weighted by Gasteiger charge is 2.63. The van der Waals surface area contributed by atoms with E-state index in [1.807, 2.05) is 13.0 Å². The maximum absolute atomic E-state index is 11.9. The van der Waals surface area contributed by atoms with Gasteiger partial charge < -0.3 is 9.84 Å². The van der Waals surface area contributed by atoms with Crippen LogP contribution in [0.25, 0.3) is 0 Å². The lowest BCUT2D eigenvalue weighted by molar-refractivity contribution is -0.140. The molecule has 0 aromatic rings. The fourth-order valence-electron chi connectivity index (χ4n) is 9.20. The van der Waals surface area contributed by atoms with Gasteiger partial charge in [0.25, 0.3) is 0 Å². The standard InChI is InChI=1S/C30H44O3/c1-18(16-20-17-19(2)26(32)33-20)21-10-14-30(7)23-8-9-24-27(3,4)25(31)12-13-28(24,5)22(23)11-15-29(21,30)6/h8,11,17-18,20-21,24-25,31H,9-10,12-16H2,1-7H3/t18-,20?,21-,24?,25-,28-,29-,30+/m1/s1. The van der Waals surface area contributed by atoms with Crippen molar-refractivity contribution in [3.63, 3.8) is 0 Å². The number of hydrogen-bond donors (Lipinski definition) is 1. The molecule has 2 saturated carbocycles. The first-order chi connectivity index (χ1) is 15.3. The topological polar surface area (TPSA) is 46.5 Å². The number of hydrogen-bond acceptors (Lipinski definition) is 3. The van der Waals surface area contributed by atoms with Crippen molar-refractivity contribution in [1.29, 1.82) is 0 Å². The number of carbonyl (C=O) groups is 1. The summed E-state index contributed by atoms with van der Waals surface area (Å²) in [5, 5.41) is 10.8. The lowest BCUT2D eigenvalue weighted by atomic mass is 9.44. The molecule has 33 heavy (non-hydrogen) atoms. The molecule has 1 N–H and O–H groups in total. The highest BCUT2D eigenvalue weighted by molar-refractivity contribution is 5.90.